The van der Waals surface area contributed by atoms with Crippen molar-refractivity contribution < 1.29 is 27.8 Å². The second-order valence-corrected chi connectivity index (χ2v) is 3.90. The zero-order chi connectivity index (χ0) is 14.2. The van der Waals surface area contributed by atoms with Gasteiger partial charge in [0.15, 0.2) is 11.4 Å². The van der Waals surface area contributed by atoms with Gasteiger partial charge in [-0.3, -0.25) is 0 Å². The zero-order valence-electron chi connectivity index (χ0n) is 9.03. The molecular formula is C11H5ClF3NO3. The number of benzene rings is 1. The van der Waals surface area contributed by atoms with E-state index in [1.807, 2.05) is 0 Å². The number of alkyl halides is 3. The topological polar surface area (TPSA) is 59.4 Å². The second kappa shape index (κ2) is 4.58. The molecule has 0 aliphatic heterocycles. The molecular weight excluding hydrogens is 287 g/mol. The maximum Gasteiger partial charge on any atom is 0.573 e. The lowest BCUT2D eigenvalue weighted by Gasteiger charge is -2.11. The Balaban J connectivity index is 2.68. The average molecular weight is 292 g/mol. The first kappa shape index (κ1) is 13.4. The number of rotatable bonds is 2. The molecule has 0 saturated heterocycles. The Bertz CT molecular complexity index is 657. The molecule has 0 spiro atoms. The third-order valence-corrected chi connectivity index (χ3v) is 2.51. The molecule has 1 N–H and O–H groups in total. The molecule has 0 fully saturated rings. The van der Waals surface area contributed by atoms with E-state index >= 15 is 0 Å². The number of ether oxygens (including phenoxy) is 1. The van der Waals surface area contributed by atoms with Gasteiger partial charge in [-0.05, 0) is 12.1 Å². The maximum absolute atomic E-state index is 12.2. The van der Waals surface area contributed by atoms with Gasteiger partial charge in [0, 0.05) is 5.39 Å². The highest BCUT2D eigenvalue weighted by Crippen LogP contribution is 2.32. The first-order valence-electron chi connectivity index (χ1n) is 4.86. The Kier molecular flexibility index (Phi) is 3.23. The van der Waals surface area contributed by atoms with Gasteiger partial charge in [0.25, 0.3) is 0 Å². The highest BCUT2D eigenvalue weighted by atomic mass is 35.5. The Morgan fingerprint density at radius 3 is 2.63 bits per heavy atom. The van der Waals surface area contributed by atoms with Gasteiger partial charge in [-0.2, -0.15) is 0 Å². The number of pyridine rings is 1. The number of aromatic carboxylic acids is 1. The van der Waals surface area contributed by atoms with E-state index in [1.54, 1.807) is 0 Å². The van der Waals surface area contributed by atoms with Gasteiger partial charge < -0.3 is 9.84 Å². The summed E-state index contributed by atoms with van der Waals surface area (Å²) in [7, 11) is 0. The van der Waals surface area contributed by atoms with Gasteiger partial charge in [-0.1, -0.05) is 23.7 Å². The van der Waals surface area contributed by atoms with Crippen molar-refractivity contribution in [2.45, 2.75) is 6.36 Å². The number of halogens is 4. The van der Waals surface area contributed by atoms with Crippen LogP contribution in [0.2, 0.25) is 5.02 Å². The fraction of sp³-hybridized carbons (Fsp3) is 0.0909. The SMILES string of the molecule is O=C(O)c1cc(Cl)c2cccc(OC(F)(F)F)c2n1. The van der Waals surface area contributed by atoms with Gasteiger partial charge in [0.2, 0.25) is 0 Å². The molecule has 1 aromatic carbocycles. The molecule has 4 nitrogen and oxygen atoms in total. The van der Waals surface area contributed by atoms with Crippen molar-refractivity contribution >= 4 is 28.5 Å². The highest BCUT2D eigenvalue weighted by molar-refractivity contribution is 6.35. The third kappa shape index (κ3) is 2.87. The van der Waals surface area contributed by atoms with Crippen LogP contribution in [0.1, 0.15) is 10.5 Å². The first-order chi connectivity index (χ1) is 8.78. The van der Waals surface area contributed by atoms with Crippen LogP contribution in [0.5, 0.6) is 5.75 Å². The van der Waals surface area contributed by atoms with E-state index in [2.05, 4.69) is 9.72 Å². The van der Waals surface area contributed by atoms with Crippen molar-refractivity contribution in [3.8, 4) is 5.75 Å². The normalized spacial score (nSPS) is 11.6. The number of carbonyl (C=O) groups is 1. The average Bonchev–Trinajstić information content (AvgIpc) is 2.27. The number of nitrogens with zero attached hydrogens (tertiary/aromatic N) is 1. The van der Waals surface area contributed by atoms with E-state index in [4.69, 9.17) is 16.7 Å². The quantitative estimate of drug-likeness (QED) is 0.920. The minimum atomic E-state index is -4.90. The maximum atomic E-state index is 12.2. The Morgan fingerprint density at radius 1 is 1.37 bits per heavy atom. The molecule has 0 aliphatic rings. The Labute approximate surface area is 109 Å². The van der Waals surface area contributed by atoms with E-state index in [9.17, 15) is 18.0 Å². The molecule has 0 atom stereocenters. The minimum Gasteiger partial charge on any atom is -0.477 e. The summed E-state index contributed by atoms with van der Waals surface area (Å²) in [6.07, 6.45) is -4.90. The highest BCUT2D eigenvalue weighted by Gasteiger charge is 2.32. The third-order valence-electron chi connectivity index (χ3n) is 2.20. The molecule has 2 rings (SSSR count). The van der Waals surface area contributed by atoms with Gasteiger partial charge >= 0.3 is 12.3 Å². The van der Waals surface area contributed by atoms with Crippen LogP contribution in [0.25, 0.3) is 10.9 Å². The van der Waals surface area contributed by atoms with E-state index in [0.717, 1.165) is 12.1 Å². The monoisotopic (exact) mass is 291 g/mol. The predicted molar refractivity (Wildman–Crippen MR) is 60.4 cm³/mol. The zero-order valence-corrected chi connectivity index (χ0v) is 9.79. The summed E-state index contributed by atoms with van der Waals surface area (Å²) in [5.41, 5.74) is -0.722. The van der Waals surface area contributed by atoms with Crippen LogP contribution in [-0.4, -0.2) is 22.4 Å². The van der Waals surface area contributed by atoms with Crippen LogP contribution in [0.3, 0.4) is 0 Å². The number of para-hydroxylation sites is 1. The molecule has 0 saturated carbocycles. The van der Waals surface area contributed by atoms with Crippen molar-refractivity contribution in [3.05, 3.63) is 35.0 Å². The lowest BCUT2D eigenvalue weighted by molar-refractivity contribution is -0.274. The number of hydrogen-bond donors (Lipinski definition) is 1. The van der Waals surface area contributed by atoms with Crippen LogP contribution >= 0.6 is 11.6 Å². The minimum absolute atomic E-state index is 0.0185. The lowest BCUT2D eigenvalue weighted by atomic mass is 10.2. The molecule has 100 valence electrons. The van der Waals surface area contributed by atoms with Crippen LogP contribution in [0.15, 0.2) is 24.3 Å². The summed E-state index contributed by atoms with van der Waals surface area (Å²) in [6.45, 7) is 0. The van der Waals surface area contributed by atoms with Crippen LogP contribution in [-0.2, 0) is 0 Å². The van der Waals surface area contributed by atoms with E-state index in [0.29, 0.717) is 0 Å². The predicted octanol–water partition coefficient (Wildman–Crippen LogP) is 3.49. The Hall–Kier alpha value is -2.02. The number of aromatic nitrogens is 1. The fourth-order valence-electron chi connectivity index (χ4n) is 1.50. The second-order valence-electron chi connectivity index (χ2n) is 3.49. The first-order valence-corrected chi connectivity index (χ1v) is 5.24. The smallest absolute Gasteiger partial charge is 0.477 e. The van der Waals surface area contributed by atoms with E-state index in [-0.39, 0.29) is 15.9 Å². The summed E-state index contributed by atoms with van der Waals surface area (Å²) in [5, 5.41) is 8.96. The molecule has 0 radical (unpaired) electrons. The van der Waals surface area contributed by atoms with Crippen molar-refractivity contribution in [1.29, 1.82) is 0 Å². The van der Waals surface area contributed by atoms with Crippen LogP contribution < -0.4 is 4.74 Å². The summed E-state index contributed by atoms with van der Waals surface area (Å²) < 4.78 is 40.5. The number of fused-ring (bicyclic) bond motifs is 1. The molecule has 1 heterocycles. The van der Waals surface area contributed by atoms with Crippen molar-refractivity contribution in [1.82, 2.24) is 4.98 Å². The van der Waals surface area contributed by atoms with Crippen LogP contribution in [0, 0.1) is 0 Å². The molecule has 0 amide bonds. The number of hydrogen-bond acceptors (Lipinski definition) is 3. The van der Waals surface area contributed by atoms with Crippen molar-refractivity contribution in [3.63, 3.8) is 0 Å². The molecule has 8 heteroatoms. The summed E-state index contributed by atoms with van der Waals surface area (Å²) in [4.78, 5) is 14.4. The summed E-state index contributed by atoms with van der Waals surface area (Å²) >= 11 is 5.81. The number of carboxylic acids is 1. The Morgan fingerprint density at radius 2 is 2.05 bits per heavy atom. The molecule has 2 aromatic rings. The standard InChI is InChI=1S/C11H5ClF3NO3/c12-6-4-7(10(17)18)16-9-5(6)2-1-3-8(9)19-11(13,14)15/h1-4H,(H,17,18). The molecule has 1 aromatic heterocycles. The van der Waals surface area contributed by atoms with E-state index < -0.39 is 23.8 Å². The largest absolute Gasteiger partial charge is 0.573 e. The van der Waals surface area contributed by atoms with Gasteiger partial charge in [0.05, 0.1) is 5.02 Å². The van der Waals surface area contributed by atoms with Gasteiger partial charge in [-0.15, -0.1) is 13.2 Å². The lowest BCUT2D eigenvalue weighted by Crippen LogP contribution is -2.17. The fourth-order valence-corrected chi connectivity index (χ4v) is 1.75. The van der Waals surface area contributed by atoms with Crippen molar-refractivity contribution in [2.24, 2.45) is 0 Å². The molecule has 19 heavy (non-hydrogen) atoms. The molecule has 0 bridgehead atoms. The van der Waals surface area contributed by atoms with Crippen molar-refractivity contribution in [2.75, 3.05) is 0 Å². The van der Waals surface area contributed by atoms with Crippen LogP contribution in [0.4, 0.5) is 13.2 Å². The molecule has 0 unspecified atom stereocenters. The van der Waals surface area contributed by atoms with E-state index in [1.165, 1.54) is 12.1 Å². The summed E-state index contributed by atoms with van der Waals surface area (Å²) in [5.74, 6) is -2.00. The molecule has 0 aliphatic carbocycles. The van der Waals surface area contributed by atoms with Gasteiger partial charge in [-0.25, -0.2) is 9.78 Å². The number of carboxylic acid groups (broad SMARTS) is 1. The van der Waals surface area contributed by atoms with Gasteiger partial charge in [0.1, 0.15) is 5.52 Å². The summed E-state index contributed by atoms with van der Waals surface area (Å²) in [6, 6.07) is 4.81.